The van der Waals surface area contributed by atoms with Gasteiger partial charge >= 0.3 is 5.97 Å². The maximum Gasteiger partial charge on any atom is 0.316 e. The molecular formula is C16H20N4O4S. The first-order valence-electron chi connectivity index (χ1n) is 7.64. The smallest absolute Gasteiger partial charge is 0.316 e. The molecule has 0 unspecified atom stereocenters. The lowest BCUT2D eigenvalue weighted by molar-refractivity contribution is -0.139. The minimum absolute atomic E-state index is 0.160. The number of carbonyl (C=O) groups excluding carboxylic acids is 2. The molecule has 2 rings (SSSR count). The Morgan fingerprint density at radius 3 is 2.76 bits per heavy atom. The fourth-order valence-corrected chi connectivity index (χ4v) is 2.77. The van der Waals surface area contributed by atoms with Gasteiger partial charge in [0.05, 0.1) is 31.6 Å². The summed E-state index contributed by atoms with van der Waals surface area (Å²) in [5.74, 6) is 0.675. The fourth-order valence-electron chi connectivity index (χ4n) is 2.04. The molecule has 9 heteroatoms. The SMILES string of the molecule is CCOC(=O)CSc1nnc(CNC(=O)c2ccccc2OC)n1C. The molecule has 134 valence electrons. The van der Waals surface area contributed by atoms with Gasteiger partial charge in [0.2, 0.25) is 0 Å². The van der Waals surface area contributed by atoms with Crippen LogP contribution in [0.1, 0.15) is 23.1 Å². The number of amides is 1. The Hall–Kier alpha value is -2.55. The number of hydrogen-bond donors (Lipinski definition) is 1. The molecule has 1 aromatic heterocycles. The Morgan fingerprint density at radius 1 is 1.28 bits per heavy atom. The quantitative estimate of drug-likeness (QED) is 0.559. The number of ether oxygens (including phenoxy) is 2. The highest BCUT2D eigenvalue weighted by Gasteiger charge is 2.15. The molecule has 0 spiro atoms. The van der Waals surface area contributed by atoms with Gasteiger partial charge in [0.25, 0.3) is 5.91 Å². The van der Waals surface area contributed by atoms with Crippen molar-refractivity contribution in [2.75, 3.05) is 19.5 Å². The van der Waals surface area contributed by atoms with Crippen LogP contribution in [-0.4, -0.2) is 46.1 Å². The predicted molar refractivity (Wildman–Crippen MR) is 92.5 cm³/mol. The standard InChI is InChI=1S/C16H20N4O4S/c1-4-24-14(21)10-25-16-19-18-13(20(16)2)9-17-15(22)11-7-5-6-8-12(11)23-3/h5-8H,4,9-10H2,1-3H3,(H,17,22). The molecule has 0 aliphatic heterocycles. The molecule has 1 N–H and O–H groups in total. The van der Waals surface area contributed by atoms with E-state index in [0.717, 1.165) is 0 Å². The molecule has 1 amide bonds. The second kappa shape index (κ2) is 9.07. The third-order valence-corrected chi connectivity index (χ3v) is 4.30. The topological polar surface area (TPSA) is 95.3 Å². The monoisotopic (exact) mass is 364 g/mol. The Labute approximate surface area is 149 Å². The average Bonchev–Trinajstić information content (AvgIpc) is 2.98. The maximum absolute atomic E-state index is 12.3. The number of hydrogen-bond acceptors (Lipinski definition) is 7. The van der Waals surface area contributed by atoms with Crippen molar-refractivity contribution in [2.24, 2.45) is 7.05 Å². The normalized spacial score (nSPS) is 10.4. The van der Waals surface area contributed by atoms with E-state index in [1.54, 1.807) is 42.8 Å². The molecule has 0 radical (unpaired) electrons. The first-order chi connectivity index (χ1) is 12.1. The van der Waals surface area contributed by atoms with Crippen molar-refractivity contribution in [3.63, 3.8) is 0 Å². The van der Waals surface area contributed by atoms with E-state index in [2.05, 4.69) is 15.5 Å². The van der Waals surface area contributed by atoms with E-state index in [4.69, 9.17) is 9.47 Å². The van der Waals surface area contributed by atoms with Gasteiger partial charge in [-0.1, -0.05) is 23.9 Å². The molecule has 0 atom stereocenters. The number of esters is 1. The predicted octanol–water partition coefficient (Wildman–Crippen LogP) is 1.41. The van der Waals surface area contributed by atoms with E-state index in [1.807, 2.05) is 0 Å². The number of aromatic nitrogens is 3. The molecule has 1 heterocycles. The van der Waals surface area contributed by atoms with Crippen molar-refractivity contribution in [1.29, 1.82) is 0 Å². The van der Waals surface area contributed by atoms with E-state index in [0.29, 0.717) is 28.9 Å². The van der Waals surface area contributed by atoms with Crippen LogP contribution in [0, 0.1) is 0 Å². The van der Waals surface area contributed by atoms with Crippen LogP contribution < -0.4 is 10.1 Å². The third kappa shape index (κ3) is 4.96. The number of nitrogens with one attached hydrogen (secondary N) is 1. The zero-order valence-electron chi connectivity index (χ0n) is 14.3. The van der Waals surface area contributed by atoms with Crippen molar-refractivity contribution in [3.05, 3.63) is 35.7 Å². The van der Waals surface area contributed by atoms with Gasteiger partial charge in [-0.15, -0.1) is 10.2 Å². The van der Waals surface area contributed by atoms with Crippen LogP contribution in [-0.2, 0) is 23.1 Å². The van der Waals surface area contributed by atoms with Crippen LogP contribution >= 0.6 is 11.8 Å². The Balaban J connectivity index is 1.95. The molecule has 0 saturated carbocycles. The van der Waals surface area contributed by atoms with Crippen molar-refractivity contribution in [1.82, 2.24) is 20.1 Å². The van der Waals surface area contributed by atoms with Crippen LogP contribution in [0.4, 0.5) is 0 Å². The van der Waals surface area contributed by atoms with E-state index in [9.17, 15) is 9.59 Å². The summed E-state index contributed by atoms with van der Waals surface area (Å²) in [7, 11) is 3.29. The first-order valence-corrected chi connectivity index (χ1v) is 8.63. The van der Waals surface area contributed by atoms with Gasteiger partial charge < -0.3 is 19.4 Å². The van der Waals surface area contributed by atoms with Crippen LogP contribution in [0.25, 0.3) is 0 Å². The minimum atomic E-state index is -0.304. The van der Waals surface area contributed by atoms with Crippen LogP contribution in [0.3, 0.4) is 0 Å². The molecule has 0 aliphatic carbocycles. The molecule has 0 fully saturated rings. The van der Waals surface area contributed by atoms with Crippen molar-refractivity contribution >= 4 is 23.6 Å². The Kier molecular flexibility index (Phi) is 6.81. The Bertz CT molecular complexity index is 747. The molecule has 0 bridgehead atoms. The molecule has 8 nitrogen and oxygen atoms in total. The molecule has 2 aromatic rings. The Morgan fingerprint density at radius 2 is 2.04 bits per heavy atom. The summed E-state index contributed by atoms with van der Waals surface area (Å²) in [5, 5.41) is 11.4. The van der Waals surface area contributed by atoms with Gasteiger partial charge in [0.15, 0.2) is 11.0 Å². The van der Waals surface area contributed by atoms with E-state index in [-0.39, 0.29) is 24.2 Å². The second-order valence-corrected chi connectivity index (χ2v) is 5.88. The molecule has 0 aliphatic rings. The van der Waals surface area contributed by atoms with E-state index >= 15 is 0 Å². The van der Waals surface area contributed by atoms with Crippen LogP contribution in [0.15, 0.2) is 29.4 Å². The number of benzene rings is 1. The summed E-state index contributed by atoms with van der Waals surface area (Å²) in [6.45, 7) is 2.31. The summed E-state index contributed by atoms with van der Waals surface area (Å²) < 4.78 is 11.8. The summed E-state index contributed by atoms with van der Waals surface area (Å²) in [6.07, 6.45) is 0. The van der Waals surface area contributed by atoms with Gasteiger partial charge in [-0.3, -0.25) is 9.59 Å². The molecule has 25 heavy (non-hydrogen) atoms. The summed E-state index contributed by atoms with van der Waals surface area (Å²) in [4.78, 5) is 23.7. The highest BCUT2D eigenvalue weighted by Crippen LogP contribution is 2.18. The largest absolute Gasteiger partial charge is 0.496 e. The summed E-state index contributed by atoms with van der Waals surface area (Å²) >= 11 is 1.23. The van der Waals surface area contributed by atoms with Gasteiger partial charge in [0.1, 0.15) is 5.75 Å². The highest BCUT2D eigenvalue weighted by atomic mass is 32.2. The lowest BCUT2D eigenvalue weighted by Crippen LogP contribution is -2.25. The van der Waals surface area contributed by atoms with Crippen molar-refractivity contribution in [2.45, 2.75) is 18.6 Å². The maximum atomic E-state index is 12.3. The number of methoxy groups -OCH3 is 1. The fraction of sp³-hybridized carbons (Fsp3) is 0.375. The van der Waals surface area contributed by atoms with Crippen molar-refractivity contribution in [3.8, 4) is 5.75 Å². The molecular weight excluding hydrogens is 344 g/mol. The number of carbonyl (C=O) groups is 2. The van der Waals surface area contributed by atoms with E-state index < -0.39 is 0 Å². The molecule has 0 saturated heterocycles. The van der Waals surface area contributed by atoms with Gasteiger partial charge in [-0.25, -0.2) is 0 Å². The van der Waals surface area contributed by atoms with E-state index in [1.165, 1.54) is 18.9 Å². The number of nitrogens with zero attached hydrogens (tertiary/aromatic N) is 3. The van der Waals surface area contributed by atoms with Crippen molar-refractivity contribution < 1.29 is 19.1 Å². The summed E-state index contributed by atoms with van der Waals surface area (Å²) in [6, 6.07) is 6.97. The zero-order chi connectivity index (χ0) is 18.2. The molecule has 1 aromatic carbocycles. The second-order valence-electron chi connectivity index (χ2n) is 4.93. The number of para-hydroxylation sites is 1. The number of rotatable bonds is 8. The highest BCUT2D eigenvalue weighted by molar-refractivity contribution is 7.99. The van der Waals surface area contributed by atoms with Gasteiger partial charge in [-0.2, -0.15) is 0 Å². The minimum Gasteiger partial charge on any atom is -0.496 e. The number of thioether (sulfide) groups is 1. The third-order valence-electron chi connectivity index (χ3n) is 3.31. The lowest BCUT2D eigenvalue weighted by atomic mass is 10.2. The van der Waals surface area contributed by atoms with Gasteiger partial charge in [0, 0.05) is 7.05 Å². The van der Waals surface area contributed by atoms with Gasteiger partial charge in [-0.05, 0) is 19.1 Å². The van der Waals surface area contributed by atoms with Crippen LogP contribution in [0.5, 0.6) is 5.75 Å². The first kappa shape index (κ1) is 18.8. The van der Waals surface area contributed by atoms with Crippen LogP contribution in [0.2, 0.25) is 0 Å². The average molecular weight is 364 g/mol. The summed E-state index contributed by atoms with van der Waals surface area (Å²) in [5.41, 5.74) is 0.448. The lowest BCUT2D eigenvalue weighted by Gasteiger charge is -2.09. The zero-order valence-corrected chi connectivity index (χ0v) is 15.1.